The van der Waals surface area contributed by atoms with Gasteiger partial charge in [-0.15, -0.1) is 0 Å². The number of para-hydroxylation sites is 1. The normalized spacial score (nSPS) is 11.2. The summed E-state index contributed by atoms with van der Waals surface area (Å²) in [6.45, 7) is 0.742. The molecule has 0 aliphatic rings. The molecule has 0 aliphatic heterocycles. The summed E-state index contributed by atoms with van der Waals surface area (Å²) in [5.74, 6) is 0.279. The largest absolute Gasteiger partial charge is 0.352 e. The van der Waals surface area contributed by atoms with E-state index in [-0.39, 0.29) is 18.0 Å². The van der Waals surface area contributed by atoms with Crippen molar-refractivity contribution in [2.75, 3.05) is 14.1 Å². The third-order valence-electron chi connectivity index (χ3n) is 3.51. The number of guanidine groups is 1. The average Bonchev–Trinajstić information content (AvgIpc) is 2.55. The molecule has 24 heavy (non-hydrogen) atoms. The van der Waals surface area contributed by atoms with Crippen molar-refractivity contribution >= 4 is 11.6 Å². The fraction of sp³-hybridized carbons (Fsp3) is 0.235. The van der Waals surface area contributed by atoms with Gasteiger partial charge in [-0.25, -0.2) is 4.39 Å². The van der Waals surface area contributed by atoms with Crippen LogP contribution in [0.5, 0.6) is 0 Å². The molecule has 0 spiro atoms. The minimum atomic E-state index is -0.407. The zero-order valence-corrected chi connectivity index (χ0v) is 13.6. The standard InChI is InChI=1S/C17H19FN4O2/c1-19-17(21(2)12-13-6-5-8-15(18)10-13)20-11-14-7-3-4-9-16(14)22(23)24/h3-10H,11-12H2,1-2H3,(H,19,20). The molecule has 0 aromatic heterocycles. The third-order valence-corrected chi connectivity index (χ3v) is 3.51. The Balaban J connectivity index is 2.03. The molecule has 2 aromatic carbocycles. The summed E-state index contributed by atoms with van der Waals surface area (Å²) in [7, 11) is 3.45. The second kappa shape index (κ2) is 8.05. The first-order valence-corrected chi connectivity index (χ1v) is 7.39. The van der Waals surface area contributed by atoms with Gasteiger partial charge in [0.1, 0.15) is 5.82 Å². The molecule has 6 nitrogen and oxygen atoms in total. The highest BCUT2D eigenvalue weighted by atomic mass is 19.1. The Morgan fingerprint density at radius 3 is 2.71 bits per heavy atom. The fourth-order valence-corrected chi connectivity index (χ4v) is 2.38. The number of aliphatic imine (C=N–C) groups is 1. The van der Waals surface area contributed by atoms with E-state index in [0.29, 0.717) is 18.1 Å². The van der Waals surface area contributed by atoms with Gasteiger partial charge >= 0.3 is 0 Å². The van der Waals surface area contributed by atoms with Crippen molar-refractivity contribution < 1.29 is 9.31 Å². The summed E-state index contributed by atoms with van der Waals surface area (Å²) in [5, 5.41) is 14.1. The lowest BCUT2D eigenvalue weighted by Crippen LogP contribution is -2.38. The summed E-state index contributed by atoms with van der Waals surface area (Å²) in [6, 6.07) is 12.9. The molecule has 0 saturated heterocycles. The molecule has 1 N–H and O–H groups in total. The Labute approximate surface area is 139 Å². The van der Waals surface area contributed by atoms with E-state index in [4.69, 9.17) is 0 Å². The van der Waals surface area contributed by atoms with Crippen LogP contribution in [0.25, 0.3) is 0 Å². The number of benzene rings is 2. The van der Waals surface area contributed by atoms with Crippen LogP contribution in [0, 0.1) is 15.9 Å². The minimum Gasteiger partial charge on any atom is -0.352 e. The Morgan fingerprint density at radius 1 is 1.29 bits per heavy atom. The molecule has 126 valence electrons. The molecule has 0 bridgehead atoms. The van der Waals surface area contributed by atoms with Crippen LogP contribution in [0.2, 0.25) is 0 Å². The number of hydrogen-bond donors (Lipinski definition) is 1. The van der Waals surface area contributed by atoms with Crippen molar-refractivity contribution in [3.63, 3.8) is 0 Å². The van der Waals surface area contributed by atoms with Gasteiger partial charge in [0.05, 0.1) is 4.92 Å². The number of rotatable bonds is 5. The summed E-state index contributed by atoms with van der Waals surface area (Å²) in [5.41, 5.74) is 1.45. The monoisotopic (exact) mass is 330 g/mol. The van der Waals surface area contributed by atoms with Crippen LogP contribution in [0.3, 0.4) is 0 Å². The first-order valence-electron chi connectivity index (χ1n) is 7.39. The maximum Gasteiger partial charge on any atom is 0.274 e. The van der Waals surface area contributed by atoms with Crippen molar-refractivity contribution in [2.45, 2.75) is 13.1 Å². The predicted molar refractivity (Wildman–Crippen MR) is 91.2 cm³/mol. The number of nitro groups is 1. The van der Waals surface area contributed by atoms with Crippen LogP contribution < -0.4 is 5.32 Å². The Bertz CT molecular complexity index is 749. The molecular weight excluding hydrogens is 311 g/mol. The Kier molecular flexibility index (Phi) is 5.83. The Hall–Kier alpha value is -2.96. The SMILES string of the molecule is CN=C(NCc1ccccc1[N+](=O)[O-])N(C)Cc1cccc(F)c1. The second-order valence-corrected chi connectivity index (χ2v) is 5.27. The van der Waals surface area contributed by atoms with Crippen LogP contribution in [-0.4, -0.2) is 29.9 Å². The highest BCUT2D eigenvalue weighted by molar-refractivity contribution is 5.79. The van der Waals surface area contributed by atoms with Crippen molar-refractivity contribution in [3.05, 3.63) is 75.6 Å². The van der Waals surface area contributed by atoms with Gasteiger partial charge in [0, 0.05) is 38.8 Å². The van der Waals surface area contributed by atoms with Crippen LogP contribution in [0.15, 0.2) is 53.5 Å². The van der Waals surface area contributed by atoms with E-state index in [1.54, 1.807) is 31.3 Å². The van der Waals surface area contributed by atoms with Crippen LogP contribution in [-0.2, 0) is 13.1 Å². The molecule has 0 unspecified atom stereocenters. The van der Waals surface area contributed by atoms with Gasteiger partial charge in [-0.05, 0) is 17.7 Å². The third kappa shape index (κ3) is 4.52. The zero-order chi connectivity index (χ0) is 17.5. The van der Waals surface area contributed by atoms with E-state index in [1.807, 2.05) is 18.0 Å². The molecule has 2 aromatic rings. The maximum atomic E-state index is 13.3. The summed E-state index contributed by atoms with van der Waals surface area (Å²) in [4.78, 5) is 16.6. The lowest BCUT2D eigenvalue weighted by atomic mass is 10.2. The van der Waals surface area contributed by atoms with E-state index in [2.05, 4.69) is 10.3 Å². The van der Waals surface area contributed by atoms with E-state index in [0.717, 1.165) is 5.56 Å². The van der Waals surface area contributed by atoms with Crippen molar-refractivity contribution in [3.8, 4) is 0 Å². The maximum absolute atomic E-state index is 13.3. The number of nitro benzene ring substituents is 1. The van der Waals surface area contributed by atoms with Crippen LogP contribution in [0.1, 0.15) is 11.1 Å². The second-order valence-electron chi connectivity index (χ2n) is 5.27. The fourth-order valence-electron chi connectivity index (χ4n) is 2.38. The van der Waals surface area contributed by atoms with Crippen molar-refractivity contribution in [1.82, 2.24) is 10.2 Å². The molecule has 0 heterocycles. The van der Waals surface area contributed by atoms with Gasteiger partial charge in [0.15, 0.2) is 5.96 Å². The summed E-state index contributed by atoms with van der Waals surface area (Å²) >= 11 is 0. The predicted octanol–water partition coefficient (Wildman–Crippen LogP) is 2.94. The van der Waals surface area contributed by atoms with Gasteiger partial charge in [0.2, 0.25) is 0 Å². The minimum absolute atomic E-state index is 0.0632. The summed E-state index contributed by atoms with van der Waals surface area (Å²) < 4.78 is 13.3. The molecule has 7 heteroatoms. The lowest BCUT2D eigenvalue weighted by molar-refractivity contribution is -0.385. The van der Waals surface area contributed by atoms with Gasteiger partial charge < -0.3 is 10.2 Å². The Morgan fingerprint density at radius 2 is 2.04 bits per heavy atom. The average molecular weight is 330 g/mol. The molecule has 0 radical (unpaired) electrons. The van der Waals surface area contributed by atoms with Gasteiger partial charge in [0.25, 0.3) is 5.69 Å². The van der Waals surface area contributed by atoms with E-state index < -0.39 is 4.92 Å². The summed E-state index contributed by atoms with van der Waals surface area (Å²) in [6.07, 6.45) is 0. The first-order chi connectivity index (χ1) is 11.5. The van der Waals surface area contributed by atoms with E-state index >= 15 is 0 Å². The number of nitrogens with one attached hydrogen (secondary N) is 1. The quantitative estimate of drug-likeness (QED) is 0.396. The number of nitrogens with zero attached hydrogens (tertiary/aromatic N) is 3. The molecule has 0 atom stereocenters. The smallest absolute Gasteiger partial charge is 0.274 e. The first kappa shape index (κ1) is 17.4. The van der Waals surface area contributed by atoms with Gasteiger partial charge in [-0.3, -0.25) is 15.1 Å². The van der Waals surface area contributed by atoms with Gasteiger partial charge in [-0.2, -0.15) is 0 Å². The molecule has 0 saturated carbocycles. The van der Waals surface area contributed by atoms with Crippen molar-refractivity contribution in [1.29, 1.82) is 0 Å². The van der Waals surface area contributed by atoms with E-state index in [1.165, 1.54) is 18.2 Å². The molecule has 0 amide bonds. The molecule has 0 fully saturated rings. The topological polar surface area (TPSA) is 70.8 Å². The molecule has 0 aliphatic carbocycles. The van der Waals surface area contributed by atoms with E-state index in [9.17, 15) is 14.5 Å². The lowest BCUT2D eigenvalue weighted by Gasteiger charge is -2.22. The highest BCUT2D eigenvalue weighted by Gasteiger charge is 2.13. The van der Waals surface area contributed by atoms with Crippen molar-refractivity contribution in [2.24, 2.45) is 4.99 Å². The number of hydrogen-bond acceptors (Lipinski definition) is 3. The molecule has 2 rings (SSSR count). The number of halogens is 1. The van der Waals surface area contributed by atoms with Crippen LogP contribution in [0.4, 0.5) is 10.1 Å². The highest BCUT2D eigenvalue weighted by Crippen LogP contribution is 2.17. The molecular formula is C17H19FN4O2. The zero-order valence-electron chi connectivity index (χ0n) is 13.6. The van der Waals surface area contributed by atoms with Crippen LogP contribution >= 0.6 is 0 Å². The van der Waals surface area contributed by atoms with Gasteiger partial charge in [-0.1, -0.05) is 30.3 Å².